The maximum Gasteiger partial charge on any atom is 0.241 e. The van der Waals surface area contributed by atoms with Crippen LogP contribution in [0.25, 0.3) is 11.3 Å². The highest BCUT2D eigenvalue weighted by Gasteiger charge is 2.19. The zero-order valence-electron chi connectivity index (χ0n) is 14.1. The first-order valence-corrected chi connectivity index (χ1v) is 9.31. The number of hydrogen-bond donors (Lipinski definition) is 1. The van der Waals surface area contributed by atoms with Crippen molar-refractivity contribution in [3.05, 3.63) is 71.9 Å². The third-order valence-corrected chi connectivity index (χ3v) is 5.55. The Balaban J connectivity index is 1.82. The van der Waals surface area contributed by atoms with E-state index < -0.39 is 27.7 Å². The summed E-state index contributed by atoms with van der Waals surface area (Å²) in [6, 6.07) is 10.3. The number of aromatic nitrogens is 2. The molecule has 0 aliphatic rings. The first-order valence-electron chi connectivity index (χ1n) is 7.83. The molecule has 3 aromatic rings. The SMILES string of the molecule is CC(NS(=O)(=O)c1ccc(-c2ccnn2C)cc1)c1cc(F)cc(F)c1. The van der Waals surface area contributed by atoms with E-state index in [0.29, 0.717) is 0 Å². The molecule has 1 atom stereocenters. The summed E-state index contributed by atoms with van der Waals surface area (Å²) in [4.78, 5) is 0.0622. The minimum atomic E-state index is -3.85. The lowest BCUT2D eigenvalue weighted by Gasteiger charge is -2.15. The van der Waals surface area contributed by atoms with Gasteiger partial charge in [-0.2, -0.15) is 5.10 Å². The van der Waals surface area contributed by atoms with Gasteiger partial charge in [-0.3, -0.25) is 4.68 Å². The van der Waals surface area contributed by atoms with Gasteiger partial charge in [0.05, 0.1) is 10.6 Å². The zero-order valence-corrected chi connectivity index (χ0v) is 15.0. The Morgan fingerprint density at radius 3 is 2.19 bits per heavy atom. The molecule has 1 heterocycles. The lowest BCUT2D eigenvalue weighted by Crippen LogP contribution is -2.27. The quantitative estimate of drug-likeness (QED) is 0.741. The second-order valence-corrected chi connectivity index (χ2v) is 7.62. The highest BCUT2D eigenvalue weighted by Crippen LogP contribution is 2.22. The molecule has 136 valence electrons. The van der Waals surface area contributed by atoms with Crippen molar-refractivity contribution in [3.8, 4) is 11.3 Å². The molecular formula is C18H17F2N3O2S. The Bertz CT molecular complexity index is 1010. The second-order valence-electron chi connectivity index (χ2n) is 5.91. The summed E-state index contributed by atoms with van der Waals surface area (Å²) in [6.07, 6.45) is 1.65. The van der Waals surface area contributed by atoms with Gasteiger partial charge >= 0.3 is 0 Å². The zero-order chi connectivity index (χ0) is 18.9. The standard InChI is InChI=1S/C18H17F2N3O2S/c1-12(14-9-15(19)11-16(20)10-14)22-26(24,25)17-5-3-13(4-6-17)18-7-8-21-23(18)2/h3-12,22H,1-2H3. The van der Waals surface area contributed by atoms with Crippen LogP contribution >= 0.6 is 0 Å². The second kappa shape index (κ2) is 6.97. The summed E-state index contributed by atoms with van der Waals surface area (Å²) in [5.41, 5.74) is 1.88. The predicted molar refractivity (Wildman–Crippen MR) is 93.7 cm³/mol. The maximum absolute atomic E-state index is 13.3. The average Bonchev–Trinajstić information content (AvgIpc) is 3.00. The summed E-state index contributed by atoms with van der Waals surface area (Å²) >= 11 is 0. The molecule has 0 amide bonds. The highest BCUT2D eigenvalue weighted by atomic mass is 32.2. The summed E-state index contributed by atoms with van der Waals surface area (Å²) in [5, 5.41) is 4.08. The van der Waals surface area contributed by atoms with E-state index in [9.17, 15) is 17.2 Å². The van der Waals surface area contributed by atoms with Crippen LogP contribution < -0.4 is 4.72 Å². The molecule has 0 saturated carbocycles. The van der Waals surface area contributed by atoms with Gasteiger partial charge in [-0.1, -0.05) is 12.1 Å². The number of nitrogens with one attached hydrogen (secondary N) is 1. The fourth-order valence-electron chi connectivity index (χ4n) is 2.66. The summed E-state index contributed by atoms with van der Waals surface area (Å²) < 4.78 is 55.8. The van der Waals surface area contributed by atoms with E-state index in [2.05, 4.69) is 9.82 Å². The van der Waals surface area contributed by atoms with Gasteiger partial charge in [-0.15, -0.1) is 0 Å². The molecule has 1 unspecified atom stereocenters. The molecule has 1 aromatic heterocycles. The molecule has 5 nitrogen and oxygen atoms in total. The van der Waals surface area contributed by atoms with E-state index in [1.807, 2.05) is 6.07 Å². The first kappa shape index (κ1) is 18.2. The van der Waals surface area contributed by atoms with Crippen LogP contribution in [-0.4, -0.2) is 18.2 Å². The van der Waals surface area contributed by atoms with Gasteiger partial charge < -0.3 is 0 Å². The number of rotatable bonds is 5. The van der Waals surface area contributed by atoms with Crippen LogP contribution in [0, 0.1) is 11.6 Å². The molecule has 8 heteroatoms. The van der Waals surface area contributed by atoms with Gasteiger partial charge in [0.25, 0.3) is 0 Å². The summed E-state index contributed by atoms with van der Waals surface area (Å²) in [6.45, 7) is 1.52. The summed E-state index contributed by atoms with van der Waals surface area (Å²) in [5.74, 6) is -1.52. The van der Waals surface area contributed by atoms with Crippen LogP contribution in [0.1, 0.15) is 18.5 Å². The van der Waals surface area contributed by atoms with E-state index in [1.165, 1.54) is 19.1 Å². The minimum Gasteiger partial charge on any atom is -0.268 e. The van der Waals surface area contributed by atoms with Crippen LogP contribution in [0.3, 0.4) is 0 Å². The van der Waals surface area contributed by atoms with Crippen LogP contribution in [0.15, 0.2) is 59.6 Å². The van der Waals surface area contributed by atoms with Crippen LogP contribution in [0.2, 0.25) is 0 Å². The Labute approximate surface area is 150 Å². The Morgan fingerprint density at radius 2 is 1.65 bits per heavy atom. The molecule has 2 aromatic carbocycles. The molecule has 0 spiro atoms. The van der Waals surface area contributed by atoms with E-state index in [-0.39, 0.29) is 10.5 Å². The first-order chi connectivity index (χ1) is 12.3. The van der Waals surface area contributed by atoms with Crippen molar-refractivity contribution in [1.29, 1.82) is 0 Å². The molecule has 0 radical (unpaired) electrons. The Hall–Kier alpha value is -2.58. The van der Waals surface area contributed by atoms with Crippen molar-refractivity contribution in [2.75, 3.05) is 0 Å². The lowest BCUT2D eigenvalue weighted by molar-refractivity contribution is 0.555. The maximum atomic E-state index is 13.3. The monoisotopic (exact) mass is 377 g/mol. The van der Waals surface area contributed by atoms with E-state index in [1.54, 1.807) is 30.1 Å². The van der Waals surface area contributed by atoms with Crippen LogP contribution in [0.4, 0.5) is 8.78 Å². The van der Waals surface area contributed by atoms with E-state index in [0.717, 1.165) is 29.5 Å². The molecule has 26 heavy (non-hydrogen) atoms. The Kier molecular flexibility index (Phi) is 4.88. The predicted octanol–water partition coefficient (Wildman–Crippen LogP) is 3.40. The average molecular weight is 377 g/mol. The third kappa shape index (κ3) is 3.81. The molecule has 0 aliphatic carbocycles. The van der Waals surface area contributed by atoms with Gasteiger partial charge in [0.1, 0.15) is 11.6 Å². The van der Waals surface area contributed by atoms with E-state index >= 15 is 0 Å². The number of sulfonamides is 1. The summed E-state index contributed by atoms with van der Waals surface area (Å²) in [7, 11) is -2.05. The normalized spacial score (nSPS) is 12.9. The number of halogens is 2. The van der Waals surface area contributed by atoms with Crippen molar-refractivity contribution in [2.45, 2.75) is 17.9 Å². The van der Waals surface area contributed by atoms with E-state index in [4.69, 9.17) is 0 Å². The number of hydrogen-bond acceptors (Lipinski definition) is 3. The molecule has 0 aliphatic heterocycles. The van der Waals surface area contributed by atoms with Crippen molar-refractivity contribution >= 4 is 10.0 Å². The molecule has 0 saturated heterocycles. The van der Waals surface area contributed by atoms with Gasteiger partial charge in [0.2, 0.25) is 10.0 Å². The van der Waals surface area contributed by atoms with Crippen LogP contribution in [0.5, 0.6) is 0 Å². The van der Waals surface area contributed by atoms with Gasteiger partial charge in [-0.05, 0) is 48.4 Å². The van der Waals surface area contributed by atoms with Crippen molar-refractivity contribution in [1.82, 2.24) is 14.5 Å². The van der Waals surface area contributed by atoms with Gasteiger partial charge in [0, 0.05) is 25.4 Å². The van der Waals surface area contributed by atoms with Gasteiger partial charge in [0.15, 0.2) is 0 Å². The van der Waals surface area contributed by atoms with Crippen LogP contribution in [-0.2, 0) is 17.1 Å². The van der Waals surface area contributed by atoms with Gasteiger partial charge in [-0.25, -0.2) is 21.9 Å². The number of aryl methyl sites for hydroxylation is 1. The molecule has 3 rings (SSSR count). The largest absolute Gasteiger partial charge is 0.268 e. The van der Waals surface area contributed by atoms with Crippen molar-refractivity contribution < 1.29 is 17.2 Å². The molecule has 0 bridgehead atoms. The molecule has 0 fully saturated rings. The highest BCUT2D eigenvalue weighted by molar-refractivity contribution is 7.89. The fraction of sp³-hybridized carbons (Fsp3) is 0.167. The number of benzene rings is 2. The third-order valence-electron chi connectivity index (χ3n) is 4.00. The molecular weight excluding hydrogens is 360 g/mol. The van der Waals surface area contributed by atoms with Crippen molar-refractivity contribution in [2.24, 2.45) is 7.05 Å². The lowest BCUT2D eigenvalue weighted by atomic mass is 10.1. The minimum absolute atomic E-state index is 0.0622. The fourth-order valence-corrected chi connectivity index (χ4v) is 3.89. The Morgan fingerprint density at radius 1 is 1.04 bits per heavy atom. The molecule has 1 N–H and O–H groups in total. The number of nitrogens with zero attached hydrogens (tertiary/aromatic N) is 2. The topological polar surface area (TPSA) is 64.0 Å². The van der Waals surface area contributed by atoms with Crippen molar-refractivity contribution in [3.63, 3.8) is 0 Å². The smallest absolute Gasteiger partial charge is 0.241 e.